The monoisotopic (exact) mass is 533 g/mol. The highest BCUT2D eigenvalue weighted by molar-refractivity contribution is 7.81. The lowest BCUT2D eigenvalue weighted by atomic mass is 9.85. The minimum Gasteiger partial charge on any atom is -0.399 e. The van der Waals surface area contributed by atoms with Crippen molar-refractivity contribution in [2.45, 2.75) is 40.9 Å². The van der Waals surface area contributed by atoms with Gasteiger partial charge in [-0.2, -0.15) is 0 Å². The van der Waals surface area contributed by atoms with Gasteiger partial charge in [-0.1, -0.05) is 32.9 Å². The average molecular weight is 534 g/mol. The number of nitrogens with one attached hydrogen (secondary N) is 2. The van der Waals surface area contributed by atoms with Gasteiger partial charge in [0.2, 0.25) is 0 Å². The second kappa shape index (κ2) is 10.1. The molecule has 5 nitrogen and oxygen atoms in total. The fourth-order valence-corrected chi connectivity index (χ4v) is 5.04. The van der Waals surface area contributed by atoms with Crippen LogP contribution < -0.4 is 16.4 Å². The zero-order chi connectivity index (χ0) is 26.2. The third kappa shape index (κ3) is 5.51. The van der Waals surface area contributed by atoms with Crippen molar-refractivity contribution in [1.82, 2.24) is 0 Å². The van der Waals surface area contributed by atoms with Crippen LogP contribution in [-0.2, 0) is 5.41 Å². The number of nitrogens with two attached hydrogens (primary N) is 1. The molecule has 8 heteroatoms. The lowest BCUT2D eigenvalue weighted by Gasteiger charge is -2.24. The predicted octanol–water partition coefficient (Wildman–Crippen LogP) is 7.09. The smallest absolute Gasteiger partial charge is 0.255 e. The maximum absolute atomic E-state index is 13.3. The van der Waals surface area contributed by atoms with Gasteiger partial charge in [0.25, 0.3) is 11.8 Å². The van der Waals surface area contributed by atoms with Crippen LogP contribution in [0.2, 0.25) is 0 Å². The predicted molar refractivity (Wildman–Crippen MR) is 158 cm³/mol. The largest absolute Gasteiger partial charge is 0.399 e. The number of nitrogen functional groups attached to an aromatic ring is 1. The first kappa shape index (κ1) is 26.0. The molecule has 0 aliphatic heterocycles. The molecule has 4 rings (SSSR count). The van der Waals surface area contributed by atoms with E-state index in [1.807, 2.05) is 45.0 Å². The highest BCUT2D eigenvalue weighted by atomic mass is 32.1. The van der Waals surface area contributed by atoms with Crippen LogP contribution in [0.3, 0.4) is 0 Å². The summed E-state index contributed by atoms with van der Waals surface area (Å²) in [6.45, 7) is 6.15. The van der Waals surface area contributed by atoms with E-state index in [9.17, 15) is 9.59 Å². The van der Waals surface area contributed by atoms with E-state index in [1.54, 1.807) is 42.5 Å². The second-order valence-electron chi connectivity index (χ2n) is 9.56. The van der Waals surface area contributed by atoms with Crippen molar-refractivity contribution in [1.29, 1.82) is 0 Å². The molecule has 36 heavy (non-hydrogen) atoms. The molecule has 0 saturated carbocycles. The molecule has 0 aromatic heterocycles. The first-order valence-electron chi connectivity index (χ1n) is 11.2. The number of carbonyl (C=O) groups excluding carboxylic acids is 2. The molecule has 0 fully saturated rings. The molecule has 2 amide bonds. The normalized spacial score (nSPS) is 11.4. The molecule has 0 aliphatic carbocycles. The van der Waals surface area contributed by atoms with Gasteiger partial charge in [0, 0.05) is 42.6 Å². The first-order chi connectivity index (χ1) is 16.9. The Morgan fingerprint density at radius 2 is 1.42 bits per heavy atom. The number of fused-ring (bicyclic) bond motifs is 1. The third-order valence-electron chi connectivity index (χ3n) is 5.79. The van der Waals surface area contributed by atoms with Gasteiger partial charge >= 0.3 is 0 Å². The van der Waals surface area contributed by atoms with Crippen molar-refractivity contribution in [2.24, 2.45) is 0 Å². The molecule has 0 unspecified atom stereocenters. The number of carbonyl (C=O) groups is 2. The molecule has 4 N–H and O–H groups in total. The number of hydrogen-bond acceptors (Lipinski definition) is 6. The Morgan fingerprint density at radius 1 is 0.750 bits per heavy atom. The Bertz CT molecular complexity index is 1510. The minimum atomic E-state index is -0.314. The summed E-state index contributed by atoms with van der Waals surface area (Å²) in [6, 6.07) is 19.4. The van der Waals surface area contributed by atoms with Gasteiger partial charge in [-0.05, 0) is 71.0 Å². The summed E-state index contributed by atoms with van der Waals surface area (Å²) in [5.41, 5.74) is 8.99. The Labute approximate surface area is 227 Å². The van der Waals surface area contributed by atoms with Crippen molar-refractivity contribution in [2.75, 3.05) is 16.4 Å². The molecule has 0 spiro atoms. The third-order valence-corrected chi connectivity index (χ3v) is 6.79. The quantitative estimate of drug-likeness (QED) is 0.125. The van der Waals surface area contributed by atoms with Crippen LogP contribution in [0.25, 0.3) is 10.8 Å². The Balaban J connectivity index is 1.70. The van der Waals surface area contributed by atoms with E-state index in [0.717, 1.165) is 26.1 Å². The number of thiol groups is 3. The van der Waals surface area contributed by atoms with Crippen LogP contribution in [0.15, 0.2) is 81.4 Å². The average Bonchev–Trinajstić information content (AvgIpc) is 2.80. The molecule has 4 aromatic rings. The summed E-state index contributed by atoms with van der Waals surface area (Å²) in [5.74, 6) is -0.617. The van der Waals surface area contributed by atoms with Crippen molar-refractivity contribution in [3.63, 3.8) is 0 Å². The van der Waals surface area contributed by atoms with Crippen LogP contribution in [-0.4, -0.2) is 11.8 Å². The molecule has 4 aromatic carbocycles. The maximum atomic E-state index is 13.3. The van der Waals surface area contributed by atoms with E-state index in [4.69, 9.17) is 5.73 Å². The van der Waals surface area contributed by atoms with E-state index in [0.29, 0.717) is 33.1 Å². The summed E-state index contributed by atoms with van der Waals surface area (Å²) >= 11 is 13.6. The highest BCUT2D eigenvalue weighted by Crippen LogP contribution is 2.36. The zero-order valence-electron chi connectivity index (χ0n) is 20.1. The van der Waals surface area contributed by atoms with Gasteiger partial charge in [0.15, 0.2) is 0 Å². The Morgan fingerprint density at radius 3 is 2.08 bits per heavy atom. The van der Waals surface area contributed by atoms with Gasteiger partial charge in [-0.25, -0.2) is 0 Å². The number of anilines is 3. The molecule has 0 heterocycles. The second-order valence-corrected chi connectivity index (χ2v) is 11.0. The molecule has 184 valence electrons. The van der Waals surface area contributed by atoms with Crippen molar-refractivity contribution >= 4 is 77.5 Å². The SMILES string of the molecule is CC(C)(C)c1ccc(C(=O)Nc2ccc(S)c3cc(S)cc(S)c23)cc1NC(=O)c1cccc(N)c1. The van der Waals surface area contributed by atoms with Crippen LogP contribution in [0, 0.1) is 0 Å². The van der Waals surface area contributed by atoms with Crippen molar-refractivity contribution in [3.05, 3.63) is 83.4 Å². The number of hydrogen-bond donors (Lipinski definition) is 6. The fraction of sp³-hybridized carbons (Fsp3) is 0.143. The summed E-state index contributed by atoms with van der Waals surface area (Å²) in [6.07, 6.45) is 0. The van der Waals surface area contributed by atoms with Gasteiger partial charge < -0.3 is 16.4 Å². The summed E-state index contributed by atoms with van der Waals surface area (Å²) < 4.78 is 0. The number of rotatable bonds is 4. The summed E-state index contributed by atoms with van der Waals surface area (Å²) in [5, 5.41) is 7.57. The van der Waals surface area contributed by atoms with Gasteiger partial charge in [0.1, 0.15) is 0 Å². The molecule has 0 saturated heterocycles. The van der Waals surface area contributed by atoms with Crippen LogP contribution in [0.5, 0.6) is 0 Å². The maximum Gasteiger partial charge on any atom is 0.255 e. The molecule has 0 radical (unpaired) electrons. The summed E-state index contributed by atoms with van der Waals surface area (Å²) in [7, 11) is 0. The van der Waals surface area contributed by atoms with Crippen LogP contribution in [0.4, 0.5) is 17.1 Å². The van der Waals surface area contributed by atoms with Gasteiger partial charge in [-0.15, -0.1) is 37.9 Å². The van der Waals surface area contributed by atoms with E-state index in [-0.39, 0.29) is 17.2 Å². The molecular formula is C28H27N3O2S3. The van der Waals surface area contributed by atoms with Crippen LogP contribution >= 0.6 is 37.9 Å². The lowest BCUT2D eigenvalue weighted by Crippen LogP contribution is -2.20. The van der Waals surface area contributed by atoms with Gasteiger partial charge in [-0.3, -0.25) is 9.59 Å². The topological polar surface area (TPSA) is 84.2 Å². The first-order valence-corrected chi connectivity index (χ1v) is 12.6. The molecule has 0 bridgehead atoms. The van der Waals surface area contributed by atoms with Crippen LogP contribution in [0.1, 0.15) is 47.1 Å². The van der Waals surface area contributed by atoms with Crippen molar-refractivity contribution in [3.8, 4) is 0 Å². The number of amides is 2. The molecule has 0 aliphatic rings. The Kier molecular flexibility index (Phi) is 7.31. The van der Waals surface area contributed by atoms with E-state index >= 15 is 0 Å². The van der Waals surface area contributed by atoms with Crippen molar-refractivity contribution < 1.29 is 9.59 Å². The zero-order valence-corrected chi connectivity index (χ0v) is 22.8. The fourth-order valence-electron chi connectivity index (χ4n) is 4.05. The van der Waals surface area contributed by atoms with E-state index in [1.165, 1.54) is 0 Å². The molecule has 0 atom stereocenters. The lowest BCUT2D eigenvalue weighted by molar-refractivity contribution is 0.101. The Hall–Kier alpha value is -3.07. The van der Waals surface area contributed by atoms with E-state index in [2.05, 4.69) is 48.5 Å². The summed E-state index contributed by atoms with van der Waals surface area (Å²) in [4.78, 5) is 28.5. The molecular weight excluding hydrogens is 507 g/mol. The minimum absolute atomic E-state index is 0.266. The van der Waals surface area contributed by atoms with E-state index < -0.39 is 0 Å². The van der Waals surface area contributed by atoms with Gasteiger partial charge in [0.05, 0.1) is 5.69 Å². The highest BCUT2D eigenvalue weighted by Gasteiger charge is 2.22. The standard InChI is InChI=1S/C28H27N3O2S3/c1-28(2,3)20-8-7-16(12-22(20)31-26(32)15-5-4-6-17(29)11-15)27(33)30-21-9-10-23(35)19-13-18(34)14-24(36)25(19)21/h4-14,34-36H,29H2,1-3H3,(H,30,33)(H,31,32). The number of benzene rings is 4.